The molecule has 1 unspecified atom stereocenters. The molecule has 0 rings (SSSR count). The molecular formula is C8H17N3O2. The first kappa shape index (κ1) is 11.9. The first-order valence-corrected chi connectivity index (χ1v) is 4.13. The fourth-order valence-corrected chi connectivity index (χ4v) is 0.924. The van der Waals surface area contributed by atoms with Gasteiger partial charge in [0.2, 0.25) is 6.41 Å². The Hall–Kier alpha value is -1.10. The van der Waals surface area contributed by atoms with E-state index in [1.807, 2.05) is 20.8 Å². The Labute approximate surface area is 78.2 Å². The van der Waals surface area contributed by atoms with Gasteiger partial charge in [-0.15, -0.1) is 0 Å². The van der Waals surface area contributed by atoms with Gasteiger partial charge in [-0.3, -0.25) is 20.4 Å². The Kier molecular flexibility index (Phi) is 4.40. The van der Waals surface area contributed by atoms with Crippen LogP contribution in [0.5, 0.6) is 0 Å². The first-order valence-electron chi connectivity index (χ1n) is 4.13. The maximum absolute atomic E-state index is 11.2. The summed E-state index contributed by atoms with van der Waals surface area (Å²) < 4.78 is 0. The van der Waals surface area contributed by atoms with Crippen molar-refractivity contribution >= 4 is 12.3 Å². The summed E-state index contributed by atoms with van der Waals surface area (Å²) in [7, 11) is 0. The molecule has 0 bridgehead atoms. The topological polar surface area (TPSA) is 70.2 Å². The zero-order chi connectivity index (χ0) is 10.5. The van der Waals surface area contributed by atoms with Crippen molar-refractivity contribution in [2.75, 3.05) is 0 Å². The molecule has 0 aromatic carbocycles. The van der Waals surface area contributed by atoms with Crippen molar-refractivity contribution in [1.29, 1.82) is 0 Å². The smallest absolute Gasteiger partial charge is 0.255 e. The zero-order valence-electron chi connectivity index (χ0n) is 8.47. The maximum Gasteiger partial charge on any atom is 0.255 e. The molecule has 0 aromatic rings. The predicted molar refractivity (Wildman–Crippen MR) is 49.7 cm³/mol. The molecule has 3 N–H and O–H groups in total. The predicted octanol–water partition coefficient (Wildman–Crippen LogP) is -0.460. The lowest BCUT2D eigenvalue weighted by Crippen LogP contribution is -2.52. The van der Waals surface area contributed by atoms with Crippen molar-refractivity contribution < 1.29 is 9.59 Å². The molecule has 13 heavy (non-hydrogen) atoms. The molecule has 0 spiro atoms. The highest BCUT2D eigenvalue weighted by atomic mass is 16.2. The van der Waals surface area contributed by atoms with Crippen molar-refractivity contribution in [3.63, 3.8) is 0 Å². The van der Waals surface area contributed by atoms with Crippen LogP contribution < -0.4 is 16.2 Å². The second-order valence-electron chi connectivity index (χ2n) is 3.87. The van der Waals surface area contributed by atoms with Gasteiger partial charge in [-0.05, 0) is 27.7 Å². The number of nitrogens with one attached hydrogen (secondary N) is 3. The summed E-state index contributed by atoms with van der Waals surface area (Å²) in [5, 5.41) is 3.06. The fourth-order valence-electron chi connectivity index (χ4n) is 0.924. The third-order valence-corrected chi connectivity index (χ3v) is 1.30. The molecule has 76 valence electrons. The molecule has 0 saturated carbocycles. The van der Waals surface area contributed by atoms with E-state index >= 15 is 0 Å². The average Bonchev–Trinajstić information content (AvgIpc) is 1.96. The molecule has 2 amide bonds. The van der Waals surface area contributed by atoms with E-state index < -0.39 is 0 Å². The van der Waals surface area contributed by atoms with Crippen molar-refractivity contribution in [2.24, 2.45) is 0 Å². The van der Waals surface area contributed by atoms with E-state index in [1.165, 1.54) is 0 Å². The molecular weight excluding hydrogens is 170 g/mol. The normalized spacial score (nSPS) is 13.2. The number of hydrogen-bond donors (Lipinski definition) is 3. The van der Waals surface area contributed by atoms with E-state index in [9.17, 15) is 9.59 Å². The Morgan fingerprint density at radius 2 is 1.92 bits per heavy atom. The number of carbonyl (C=O) groups excluding carboxylic acids is 2. The summed E-state index contributed by atoms with van der Waals surface area (Å²) >= 11 is 0. The van der Waals surface area contributed by atoms with Crippen LogP contribution >= 0.6 is 0 Å². The van der Waals surface area contributed by atoms with Crippen molar-refractivity contribution in [2.45, 2.75) is 39.3 Å². The van der Waals surface area contributed by atoms with E-state index in [4.69, 9.17) is 0 Å². The van der Waals surface area contributed by atoms with Crippen LogP contribution in [0.2, 0.25) is 0 Å². The van der Waals surface area contributed by atoms with Gasteiger partial charge in [-0.25, -0.2) is 0 Å². The van der Waals surface area contributed by atoms with E-state index in [0.29, 0.717) is 6.41 Å². The lowest BCUT2D eigenvalue weighted by molar-refractivity contribution is -0.126. The number of amides is 2. The molecule has 0 aliphatic rings. The highest BCUT2D eigenvalue weighted by Gasteiger charge is 2.18. The van der Waals surface area contributed by atoms with Crippen molar-refractivity contribution in [3.05, 3.63) is 0 Å². The minimum Gasteiger partial charge on any atom is -0.301 e. The Bertz CT molecular complexity index is 186. The van der Waals surface area contributed by atoms with Crippen LogP contribution in [0.25, 0.3) is 0 Å². The Morgan fingerprint density at radius 1 is 1.38 bits per heavy atom. The molecule has 0 heterocycles. The molecule has 1 atom stereocenters. The third-order valence-electron chi connectivity index (χ3n) is 1.30. The minimum atomic E-state index is -0.340. The molecule has 5 heteroatoms. The number of hydrazine groups is 1. The molecule has 0 aliphatic carbocycles. The van der Waals surface area contributed by atoms with Crippen LogP contribution in [0.15, 0.2) is 0 Å². The van der Waals surface area contributed by atoms with Crippen molar-refractivity contribution in [3.8, 4) is 0 Å². The summed E-state index contributed by atoms with van der Waals surface area (Å²) in [6.45, 7) is 7.62. The Morgan fingerprint density at radius 3 is 2.31 bits per heavy atom. The van der Waals surface area contributed by atoms with Gasteiger partial charge < -0.3 is 5.32 Å². The second-order valence-corrected chi connectivity index (χ2v) is 3.87. The van der Waals surface area contributed by atoms with Crippen LogP contribution in [-0.2, 0) is 9.59 Å². The lowest BCUT2D eigenvalue weighted by Gasteiger charge is -2.25. The average molecular weight is 187 g/mol. The van der Waals surface area contributed by atoms with Gasteiger partial charge in [0.1, 0.15) is 0 Å². The first-order chi connectivity index (χ1) is 5.87. The van der Waals surface area contributed by atoms with E-state index in [2.05, 4.69) is 16.2 Å². The summed E-state index contributed by atoms with van der Waals surface area (Å²) in [4.78, 5) is 21.1. The summed E-state index contributed by atoms with van der Waals surface area (Å²) in [5.41, 5.74) is 4.20. The molecule has 0 fully saturated rings. The van der Waals surface area contributed by atoms with E-state index in [0.717, 1.165) is 0 Å². The summed E-state index contributed by atoms with van der Waals surface area (Å²) in [5.74, 6) is -0.262. The zero-order valence-corrected chi connectivity index (χ0v) is 8.47. The third kappa shape index (κ3) is 6.10. The summed E-state index contributed by atoms with van der Waals surface area (Å²) in [6.07, 6.45) is 0.418. The molecule has 0 saturated heterocycles. The summed E-state index contributed by atoms with van der Waals surface area (Å²) in [6, 6.07) is -0.340. The molecule has 5 nitrogen and oxygen atoms in total. The molecule has 0 aromatic heterocycles. The van der Waals surface area contributed by atoms with Crippen LogP contribution in [0.3, 0.4) is 0 Å². The lowest BCUT2D eigenvalue weighted by atomic mass is 10.1. The minimum absolute atomic E-state index is 0.127. The van der Waals surface area contributed by atoms with Crippen LogP contribution in [0.4, 0.5) is 0 Å². The van der Waals surface area contributed by atoms with Gasteiger partial charge in [0.25, 0.3) is 5.91 Å². The van der Waals surface area contributed by atoms with Gasteiger partial charge in [-0.1, -0.05) is 0 Å². The molecule has 0 radical (unpaired) electrons. The standard InChI is InChI=1S/C8H17N3O2/c1-6(10-8(2,3)4)7(13)11-9-5-12/h5-6,10H,1-4H3,(H,9,12)(H,11,13). The van der Waals surface area contributed by atoms with E-state index in [-0.39, 0.29) is 17.5 Å². The second kappa shape index (κ2) is 4.81. The van der Waals surface area contributed by atoms with Gasteiger partial charge in [0.05, 0.1) is 6.04 Å². The fraction of sp³-hybridized carbons (Fsp3) is 0.750. The van der Waals surface area contributed by atoms with Crippen LogP contribution in [0, 0.1) is 0 Å². The van der Waals surface area contributed by atoms with Crippen LogP contribution in [-0.4, -0.2) is 23.9 Å². The van der Waals surface area contributed by atoms with Gasteiger partial charge in [0, 0.05) is 5.54 Å². The van der Waals surface area contributed by atoms with Crippen molar-refractivity contribution in [1.82, 2.24) is 16.2 Å². The quantitative estimate of drug-likeness (QED) is 0.412. The van der Waals surface area contributed by atoms with E-state index in [1.54, 1.807) is 6.92 Å². The highest BCUT2D eigenvalue weighted by Crippen LogP contribution is 2.00. The number of rotatable bonds is 4. The monoisotopic (exact) mass is 187 g/mol. The molecule has 0 aliphatic heterocycles. The van der Waals surface area contributed by atoms with Crippen LogP contribution in [0.1, 0.15) is 27.7 Å². The van der Waals surface area contributed by atoms with Gasteiger partial charge in [0.15, 0.2) is 0 Å². The SMILES string of the molecule is CC(NC(C)(C)C)C(=O)NNC=O. The van der Waals surface area contributed by atoms with Gasteiger partial charge in [-0.2, -0.15) is 0 Å². The Balaban J connectivity index is 3.89. The number of hydrogen-bond acceptors (Lipinski definition) is 3. The highest BCUT2D eigenvalue weighted by molar-refractivity contribution is 5.81. The van der Waals surface area contributed by atoms with Gasteiger partial charge >= 0.3 is 0 Å². The largest absolute Gasteiger partial charge is 0.301 e. The maximum atomic E-state index is 11.2. The number of carbonyl (C=O) groups is 2.